The van der Waals surface area contributed by atoms with E-state index < -0.39 is 0 Å². The van der Waals surface area contributed by atoms with Gasteiger partial charge in [0, 0.05) is 12.1 Å². The molecule has 0 aliphatic rings. The monoisotopic (exact) mass is 284 g/mol. The lowest BCUT2D eigenvalue weighted by atomic mass is 10.3. The first-order chi connectivity index (χ1) is 8.61. The summed E-state index contributed by atoms with van der Waals surface area (Å²) >= 11 is 12.1. The van der Waals surface area contributed by atoms with Crippen LogP contribution in [-0.4, -0.2) is 9.78 Å². The van der Waals surface area contributed by atoms with Crippen molar-refractivity contribution in [2.45, 2.75) is 20.0 Å². The Hall–Kier alpha value is -1.19. The summed E-state index contributed by atoms with van der Waals surface area (Å²) < 4.78 is 7.42. The molecule has 1 heterocycles. The maximum atomic E-state index is 6.24. The second-order valence-electron chi connectivity index (χ2n) is 3.93. The fourth-order valence-corrected chi connectivity index (χ4v) is 2.21. The van der Waals surface area contributed by atoms with Gasteiger partial charge in [0.05, 0.1) is 16.4 Å². The van der Waals surface area contributed by atoms with E-state index in [1.54, 1.807) is 16.8 Å². The van der Waals surface area contributed by atoms with Gasteiger partial charge in [0.2, 0.25) is 0 Å². The Bertz CT molecular complexity index is 552. The van der Waals surface area contributed by atoms with Gasteiger partial charge in [-0.3, -0.25) is 4.68 Å². The summed E-state index contributed by atoms with van der Waals surface area (Å²) in [5.41, 5.74) is 1.76. The van der Waals surface area contributed by atoms with Crippen LogP contribution in [0.1, 0.15) is 18.3 Å². The number of hydrogen-bond acceptors (Lipinski definition) is 2. The molecule has 18 heavy (non-hydrogen) atoms. The standard InChI is InChI=1S/C13H14Cl2N2O/c1-3-11-13(15)12(17(2)16-11)8-18-10-6-4-5-9(14)7-10/h4-7H,3,8H2,1-2H3. The highest BCUT2D eigenvalue weighted by Gasteiger charge is 2.13. The van der Waals surface area contributed by atoms with E-state index in [2.05, 4.69) is 5.10 Å². The van der Waals surface area contributed by atoms with Gasteiger partial charge >= 0.3 is 0 Å². The van der Waals surface area contributed by atoms with Crippen molar-refractivity contribution in [2.75, 3.05) is 0 Å². The largest absolute Gasteiger partial charge is 0.487 e. The molecule has 0 amide bonds. The average Bonchev–Trinajstić information content (AvgIpc) is 2.62. The summed E-state index contributed by atoms with van der Waals surface area (Å²) in [5, 5.41) is 5.67. The molecule has 2 rings (SSSR count). The fraction of sp³-hybridized carbons (Fsp3) is 0.308. The van der Waals surface area contributed by atoms with Gasteiger partial charge < -0.3 is 4.74 Å². The Labute approximate surface area is 116 Å². The van der Waals surface area contributed by atoms with Crippen molar-refractivity contribution >= 4 is 23.2 Å². The van der Waals surface area contributed by atoms with Crippen LogP contribution in [0.15, 0.2) is 24.3 Å². The van der Waals surface area contributed by atoms with E-state index in [0.717, 1.165) is 23.6 Å². The predicted octanol–water partition coefficient (Wildman–Crippen LogP) is 3.87. The Morgan fingerprint density at radius 3 is 2.72 bits per heavy atom. The number of aromatic nitrogens is 2. The SMILES string of the molecule is CCc1nn(C)c(COc2cccc(Cl)c2)c1Cl. The topological polar surface area (TPSA) is 27.1 Å². The van der Waals surface area contributed by atoms with Crippen molar-refractivity contribution < 1.29 is 4.74 Å². The fourth-order valence-electron chi connectivity index (χ4n) is 1.69. The van der Waals surface area contributed by atoms with Crippen molar-refractivity contribution in [3.63, 3.8) is 0 Å². The van der Waals surface area contributed by atoms with Crippen molar-refractivity contribution in [1.29, 1.82) is 0 Å². The third-order valence-electron chi connectivity index (χ3n) is 2.67. The van der Waals surface area contributed by atoms with Gasteiger partial charge in [0.15, 0.2) is 0 Å². The Morgan fingerprint density at radius 2 is 2.11 bits per heavy atom. The van der Waals surface area contributed by atoms with Gasteiger partial charge in [0.1, 0.15) is 12.4 Å². The minimum absolute atomic E-state index is 0.378. The van der Waals surface area contributed by atoms with E-state index in [4.69, 9.17) is 27.9 Å². The molecule has 1 aromatic carbocycles. The van der Waals surface area contributed by atoms with E-state index in [1.807, 2.05) is 26.1 Å². The van der Waals surface area contributed by atoms with Crippen LogP contribution in [0, 0.1) is 0 Å². The number of halogens is 2. The lowest BCUT2D eigenvalue weighted by Gasteiger charge is -2.07. The summed E-state index contributed by atoms with van der Waals surface area (Å²) in [6.45, 7) is 2.40. The molecule has 5 heteroatoms. The third kappa shape index (κ3) is 2.79. The van der Waals surface area contributed by atoms with Gasteiger partial charge in [-0.25, -0.2) is 0 Å². The number of rotatable bonds is 4. The van der Waals surface area contributed by atoms with Crippen molar-refractivity contribution in [2.24, 2.45) is 7.05 Å². The van der Waals surface area contributed by atoms with Gasteiger partial charge in [-0.2, -0.15) is 5.10 Å². The third-order valence-corrected chi connectivity index (χ3v) is 3.35. The smallest absolute Gasteiger partial charge is 0.131 e. The zero-order chi connectivity index (χ0) is 13.1. The summed E-state index contributed by atoms with van der Waals surface area (Å²) in [6.07, 6.45) is 0.809. The summed E-state index contributed by atoms with van der Waals surface area (Å²) in [6, 6.07) is 7.28. The maximum Gasteiger partial charge on any atom is 0.131 e. The van der Waals surface area contributed by atoms with Gasteiger partial charge in [0.25, 0.3) is 0 Å². The molecule has 0 radical (unpaired) electrons. The van der Waals surface area contributed by atoms with Crippen LogP contribution in [0.2, 0.25) is 10.0 Å². The van der Waals surface area contributed by atoms with E-state index in [-0.39, 0.29) is 0 Å². The van der Waals surface area contributed by atoms with E-state index in [0.29, 0.717) is 16.7 Å². The van der Waals surface area contributed by atoms with Crippen molar-refractivity contribution in [3.05, 3.63) is 45.7 Å². The van der Waals surface area contributed by atoms with Crippen LogP contribution >= 0.6 is 23.2 Å². The molecule has 0 N–H and O–H groups in total. The Morgan fingerprint density at radius 1 is 1.33 bits per heavy atom. The molecule has 0 aliphatic carbocycles. The highest BCUT2D eigenvalue weighted by Crippen LogP contribution is 2.23. The first-order valence-corrected chi connectivity index (χ1v) is 6.46. The summed E-state index contributed by atoms with van der Waals surface area (Å²) in [5.74, 6) is 0.720. The molecule has 2 aromatic rings. The van der Waals surface area contributed by atoms with Gasteiger partial charge in [-0.15, -0.1) is 0 Å². The van der Waals surface area contributed by atoms with Crippen LogP contribution in [0.3, 0.4) is 0 Å². The normalized spacial score (nSPS) is 10.7. The molecule has 0 atom stereocenters. The quantitative estimate of drug-likeness (QED) is 0.852. The number of nitrogens with zero attached hydrogens (tertiary/aromatic N) is 2. The minimum Gasteiger partial charge on any atom is -0.487 e. The van der Waals surface area contributed by atoms with E-state index in [1.165, 1.54) is 0 Å². The van der Waals surface area contributed by atoms with E-state index in [9.17, 15) is 0 Å². The number of hydrogen-bond donors (Lipinski definition) is 0. The first kappa shape index (κ1) is 13.2. The lowest BCUT2D eigenvalue weighted by Crippen LogP contribution is -2.03. The maximum absolute atomic E-state index is 6.24. The molecule has 1 aromatic heterocycles. The molecule has 96 valence electrons. The molecule has 0 fully saturated rings. The summed E-state index contributed by atoms with van der Waals surface area (Å²) in [4.78, 5) is 0. The Kier molecular flexibility index (Phi) is 4.15. The molecular formula is C13H14Cl2N2O. The van der Waals surface area contributed by atoms with Crippen LogP contribution in [0.5, 0.6) is 5.75 Å². The zero-order valence-corrected chi connectivity index (χ0v) is 11.8. The summed E-state index contributed by atoms with van der Waals surface area (Å²) in [7, 11) is 1.86. The molecule has 0 saturated carbocycles. The molecule has 0 unspecified atom stereocenters. The highest BCUT2D eigenvalue weighted by molar-refractivity contribution is 6.32. The molecule has 0 saturated heterocycles. The average molecular weight is 285 g/mol. The van der Waals surface area contributed by atoms with Crippen molar-refractivity contribution in [3.8, 4) is 5.75 Å². The number of ether oxygens (including phenoxy) is 1. The molecule has 0 bridgehead atoms. The molecule has 0 aliphatic heterocycles. The van der Waals surface area contributed by atoms with Crippen LogP contribution < -0.4 is 4.74 Å². The van der Waals surface area contributed by atoms with Crippen LogP contribution in [0.4, 0.5) is 0 Å². The van der Waals surface area contributed by atoms with E-state index >= 15 is 0 Å². The molecule has 3 nitrogen and oxygen atoms in total. The lowest BCUT2D eigenvalue weighted by molar-refractivity contribution is 0.295. The Balaban J connectivity index is 2.13. The zero-order valence-electron chi connectivity index (χ0n) is 10.3. The molecular weight excluding hydrogens is 271 g/mol. The first-order valence-electron chi connectivity index (χ1n) is 5.70. The predicted molar refractivity (Wildman–Crippen MR) is 73.4 cm³/mol. The highest BCUT2D eigenvalue weighted by atomic mass is 35.5. The van der Waals surface area contributed by atoms with Crippen LogP contribution in [0.25, 0.3) is 0 Å². The second-order valence-corrected chi connectivity index (χ2v) is 4.74. The minimum atomic E-state index is 0.378. The van der Waals surface area contributed by atoms with Gasteiger partial charge in [-0.05, 0) is 24.6 Å². The van der Waals surface area contributed by atoms with Crippen molar-refractivity contribution in [1.82, 2.24) is 9.78 Å². The second kappa shape index (κ2) is 5.63. The number of benzene rings is 1. The molecule has 0 spiro atoms. The van der Waals surface area contributed by atoms with Crippen LogP contribution in [-0.2, 0) is 20.1 Å². The van der Waals surface area contributed by atoms with Gasteiger partial charge in [-0.1, -0.05) is 36.2 Å². The number of aryl methyl sites for hydroxylation is 2.